The zero-order chi connectivity index (χ0) is 16.5. The number of carboxylic acids is 1. The molecule has 1 aliphatic rings. The standard InChI is InChI=1S/C16H23IO5/c1-11(6-7-17)8-14-10-15(21-12(2)18)9-13(22-14)4-3-5-16(19)20/h3,5-7,11,13-15H,4,8-10H2,1-2H3,(H,19,20)/b5-3+,7-6+/t11-,13-,14+,15+/m0/s1. The van der Waals surface area contributed by atoms with E-state index in [4.69, 9.17) is 14.6 Å². The maximum Gasteiger partial charge on any atom is 0.327 e. The summed E-state index contributed by atoms with van der Waals surface area (Å²) in [7, 11) is 0. The molecule has 0 aromatic rings. The fraction of sp³-hybridized carbons (Fsp3) is 0.625. The zero-order valence-corrected chi connectivity index (χ0v) is 15.1. The lowest BCUT2D eigenvalue weighted by Gasteiger charge is -2.35. The first-order valence-electron chi connectivity index (χ1n) is 7.39. The summed E-state index contributed by atoms with van der Waals surface area (Å²) in [6.45, 7) is 3.53. The van der Waals surface area contributed by atoms with Crippen LogP contribution in [-0.2, 0) is 19.1 Å². The van der Waals surface area contributed by atoms with Crippen LogP contribution in [0.1, 0.15) is 39.5 Å². The summed E-state index contributed by atoms with van der Waals surface area (Å²) >= 11 is 2.19. The number of aliphatic carboxylic acids is 1. The molecule has 0 bridgehead atoms. The van der Waals surface area contributed by atoms with Gasteiger partial charge in [0.05, 0.1) is 12.2 Å². The lowest BCUT2D eigenvalue weighted by molar-refractivity contribution is -0.159. The molecule has 1 heterocycles. The molecule has 22 heavy (non-hydrogen) atoms. The van der Waals surface area contributed by atoms with Crippen molar-refractivity contribution in [1.29, 1.82) is 0 Å². The molecule has 1 aliphatic heterocycles. The molecule has 0 aliphatic carbocycles. The van der Waals surface area contributed by atoms with Gasteiger partial charge in [-0.25, -0.2) is 4.79 Å². The van der Waals surface area contributed by atoms with Crippen molar-refractivity contribution in [3.05, 3.63) is 22.3 Å². The van der Waals surface area contributed by atoms with Crippen LogP contribution in [0.15, 0.2) is 22.3 Å². The molecule has 0 amide bonds. The first-order valence-corrected chi connectivity index (χ1v) is 8.64. The second-order valence-corrected chi connectivity index (χ2v) is 6.31. The molecule has 4 atom stereocenters. The van der Waals surface area contributed by atoms with Gasteiger partial charge in [-0.3, -0.25) is 4.79 Å². The Balaban J connectivity index is 2.63. The number of esters is 1. The van der Waals surface area contributed by atoms with E-state index in [0.29, 0.717) is 25.2 Å². The van der Waals surface area contributed by atoms with Crippen LogP contribution in [0.4, 0.5) is 0 Å². The molecule has 124 valence electrons. The lowest BCUT2D eigenvalue weighted by atomic mass is 9.93. The van der Waals surface area contributed by atoms with E-state index in [2.05, 4.69) is 35.6 Å². The molecule has 0 radical (unpaired) electrons. The Morgan fingerprint density at radius 1 is 1.41 bits per heavy atom. The smallest absolute Gasteiger partial charge is 0.327 e. The number of carbonyl (C=O) groups is 2. The summed E-state index contributed by atoms with van der Waals surface area (Å²) in [6, 6.07) is 0. The van der Waals surface area contributed by atoms with Gasteiger partial charge in [0.1, 0.15) is 6.10 Å². The van der Waals surface area contributed by atoms with Gasteiger partial charge in [-0.05, 0) is 22.8 Å². The highest BCUT2D eigenvalue weighted by atomic mass is 127. The van der Waals surface area contributed by atoms with Crippen molar-refractivity contribution in [2.45, 2.75) is 57.8 Å². The van der Waals surface area contributed by atoms with E-state index in [9.17, 15) is 9.59 Å². The molecule has 1 fully saturated rings. The average molecular weight is 422 g/mol. The van der Waals surface area contributed by atoms with Gasteiger partial charge in [0.25, 0.3) is 0 Å². The molecule has 1 saturated heterocycles. The number of carbonyl (C=O) groups excluding carboxylic acids is 1. The van der Waals surface area contributed by atoms with Gasteiger partial charge in [0.15, 0.2) is 0 Å². The average Bonchev–Trinajstić information content (AvgIpc) is 2.37. The quantitative estimate of drug-likeness (QED) is 0.387. The number of rotatable bonds is 7. The minimum atomic E-state index is -0.968. The zero-order valence-electron chi connectivity index (χ0n) is 12.9. The molecule has 0 saturated carbocycles. The van der Waals surface area contributed by atoms with Crippen molar-refractivity contribution in [1.82, 2.24) is 0 Å². The number of halogens is 1. The molecule has 0 aromatic carbocycles. The maximum absolute atomic E-state index is 11.2. The van der Waals surface area contributed by atoms with Crippen molar-refractivity contribution in [2.24, 2.45) is 5.92 Å². The van der Waals surface area contributed by atoms with Gasteiger partial charge in [0.2, 0.25) is 0 Å². The van der Waals surface area contributed by atoms with Gasteiger partial charge in [-0.2, -0.15) is 0 Å². The van der Waals surface area contributed by atoms with E-state index in [1.54, 1.807) is 6.08 Å². The lowest BCUT2D eigenvalue weighted by Crippen LogP contribution is -2.38. The molecule has 0 spiro atoms. The monoisotopic (exact) mass is 422 g/mol. The van der Waals surface area contributed by atoms with Gasteiger partial charge in [0, 0.05) is 25.8 Å². The Morgan fingerprint density at radius 2 is 2.09 bits per heavy atom. The largest absolute Gasteiger partial charge is 0.478 e. The van der Waals surface area contributed by atoms with Gasteiger partial charge >= 0.3 is 11.9 Å². The Hall–Kier alpha value is -0.890. The minimum absolute atomic E-state index is 0.0175. The first-order chi connectivity index (χ1) is 10.4. The summed E-state index contributed by atoms with van der Waals surface area (Å²) in [5.74, 6) is -0.872. The van der Waals surface area contributed by atoms with E-state index in [1.165, 1.54) is 6.92 Å². The molecule has 6 heteroatoms. The van der Waals surface area contributed by atoms with E-state index in [1.807, 2.05) is 4.08 Å². The number of carboxylic acid groups (broad SMARTS) is 1. The summed E-state index contributed by atoms with van der Waals surface area (Å²) in [5, 5.41) is 8.64. The third-order valence-corrected chi connectivity index (χ3v) is 3.88. The highest BCUT2D eigenvalue weighted by Gasteiger charge is 2.31. The topological polar surface area (TPSA) is 72.8 Å². The Labute approximate surface area is 144 Å². The Morgan fingerprint density at radius 3 is 2.68 bits per heavy atom. The van der Waals surface area contributed by atoms with Gasteiger partial charge in [-0.15, -0.1) is 0 Å². The van der Waals surface area contributed by atoms with Crippen LogP contribution in [0.3, 0.4) is 0 Å². The normalized spacial score (nSPS) is 27.1. The van der Waals surface area contributed by atoms with Crippen LogP contribution in [0.25, 0.3) is 0 Å². The van der Waals surface area contributed by atoms with Crippen LogP contribution in [0.5, 0.6) is 0 Å². The van der Waals surface area contributed by atoms with Crippen LogP contribution < -0.4 is 0 Å². The van der Waals surface area contributed by atoms with Crippen LogP contribution >= 0.6 is 22.6 Å². The highest BCUT2D eigenvalue weighted by Crippen LogP contribution is 2.28. The van der Waals surface area contributed by atoms with E-state index >= 15 is 0 Å². The fourth-order valence-corrected chi connectivity index (χ4v) is 3.35. The second-order valence-electron chi connectivity index (χ2n) is 5.59. The predicted octanol–water partition coefficient (Wildman–Crippen LogP) is 3.47. The van der Waals surface area contributed by atoms with Crippen LogP contribution in [-0.4, -0.2) is 35.4 Å². The number of hydrogen-bond acceptors (Lipinski definition) is 4. The third kappa shape index (κ3) is 7.93. The summed E-state index contributed by atoms with van der Waals surface area (Å²) in [4.78, 5) is 21.7. The molecular weight excluding hydrogens is 399 g/mol. The van der Waals surface area contributed by atoms with Crippen molar-refractivity contribution in [2.75, 3.05) is 0 Å². The number of allylic oxidation sites excluding steroid dienone is 1. The SMILES string of the molecule is CC(=O)O[C@@H]1C[C@H](C/C=C/C(=O)O)O[C@H](C[C@@H](C)/C=C/I)C1. The minimum Gasteiger partial charge on any atom is -0.478 e. The molecule has 1 N–H and O–H groups in total. The van der Waals surface area contributed by atoms with Crippen LogP contribution in [0, 0.1) is 5.92 Å². The van der Waals surface area contributed by atoms with Crippen LogP contribution in [0.2, 0.25) is 0 Å². The van der Waals surface area contributed by atoms with Crippen molar-refractivity contribution < 1.29 is 24.2 Å². The predicted molar refractivity (Wildman–Crippen MR) is 91.8 cm³/mol. The maximum atomic E-state index is 11.2. The number of ether oxygens (including phenoxy) is 2. The van der Waals surface area contributed by atoms with E-state index in [-0.39, 0.29) is 24.3 Å². The number of hydrogen-bond donors (Lipinski definition) is 1. The van der Waals surface area contributed by atoms with E-state index in [0.717, 1.165) is 12.5 Å². The van der Waals surface area contributed by atoms with Crippen molar-refractivity contribution >= 4 is 34.5 Å². The molecule has 0 unspecified atom stereocenters. The van der Waals surface area contributed by atoms with Crippen molar-refractivity contribution in [3.8, 4) is 0 Å². The van der Waals surface area contributed by atoms with Gasteiger partial charge < -0.3 is 14.6 Å². The Kier molecular flexibility index (Phi) is 8.70. The van der Waals surface area contributed by atoms with E-state index < -0.39 is 5.97 Å². The summed E-state index contributed by atoms with van der Waals surface area (Å²) < 4.78 is 13.4. The molecule has 1 rings (SSSR count). The molecular formula is C16H23IO5. The third-order valence-electron chi connectivity index (χ3n) is 3.46. The van der Waals surface area contributed by atoms with Gasteiger partial charge in [-0.1, -0.05) is 41.7 Å². The van der Waals surface area contributed by atoms with Crippen molar-refractivity contribution in [3.63, 3.8) is 0 Å². The molecule has 5 nitrogen and oxygen atoms in total. The summed E-state index contributed by atoms with van der Waals surface area (Å²) in [6.07, 6.45) is 7.23. The molecule has 0 aromatic heterocycles. The fourth-order valence-electron chi connectivity index (χ4n) is 2.64. The summed E-state index contributed by atoms with van der Waals surface area (Å²) in [5.41, 5.74) is 0. The second kappa shape index (κ2) is 9.99. The first kappa shape index (κ1) is 19.2. The Bertz CT molecular complexity index is 432. The highest BCUT2D eigenvalue weighted by molar-refractivity contribution is 14.1.